The van der Waals surface area contributed by atoms with Crippen molar-refractivity contribution < 1.29 is 14.3 Å². The molecule has 0 aliphatic rings. The van der Waals surface area contributed by atoms with Gasteiger partial charge in [0.05, 0.1) is 32.3 Å². The van der Waals surface area contributed by atoms with E-state index >= 15 is 0 Å². The summed E-state index contributed by atoms with van der Waals surface area (Å²) in [6.07, 6.45) is 5.48. The molecule has 0 spiro atoms. The van der Waals surface area contributed by atoms with Crippen LogP contribution in [0.25, 0.3) is 22.0 Å². The predicted octanol–water partition coefficient (Wildman–Crippen LogP) is 4.58. The van der Waals surface area contributed by atoms with E-state index in [2.05, 4.69) is 26.7 Å². The molecular formula is C29H25N5O3. The van der Waals surface area contributed by atoms with Crippen molar-refractivity contribution in [3.8, 4) is 11.3 Å². The molecule has 8 nitrogen and oxygen atoms in total. The van der Waals surface area contributed by atoms with E-state index < -0.39 is 12.0 Å². The first-order valence-electron chi connectivity index (χ1n) is 11.9. The molecule has 0 fully saturated rings. The van der Waals surface area contributed by atoms with Gasteiger partial charge in [-0.05, 0) is 34.7 Å². The maximum Gasteiger partial charge on any atom is 0.307 e. The molecule has 184 valence electrons. The van der Waals surface area contributed by atoms with Crippen LogP contribution in [-0.2, 0) is 16.1 Å². The summed E-state index contributed by atoms with van der Waals surface area (Å²) in [5.74, 6) is -0.681. The van der Waals surface area contributed by atoms with E-state index in [0.29, 0.717) is 12.1 Å². The van der Waals surface area contributed by atoms with Gasteiger partial charge in [0.2, 0.25) is 0 Å². The highest BCUT2D eigenvalue weighted by Crippen LogP contribution is 2.23. The first-order chi connectivity index (χ1) is 18.1. The summed E-state index contributed by atoms with van der Waals surface area (Å²) in [5, 5.41) is 13.8. The van der Waals surface area contributed by atoms with Gasteiger partial charge in [-0.2, -0.15) is 0 Å². The van der Waals surface area contributed by atoms with Gasteiger partial charge in [-0.25, -0.2) is 4.68 Å². The summed E-state index contributed by atoms with van der Waals surface area (Å²) in [6, 6.07) is 24.2. The molecule has 0 saturated carbocycles. The average Bonchev–Trinajstić information content (AvgIpc) is 3.41. The van der Waals surface area contributed by atoms with Gasteiger partial charge in [0.15, 0.2) is 0 Å². The SMILES string of the molecule is COC(=O)C[C@@H](NC(=O)c1ccccc1Cn1cc(-c2ccc3cnccc3c2)nn1)c1ccccc1. The molecule has 0 saturated heterocycles. The number of benzene rings is 3. The number of aromatic nitrogens is 4. The topological polar surface area (TPSA) is 99.0 Å². The van der Waals surface area contributed by atoms with Crippen LogP contribution in [0, 0.1) is 0 Å². The number of hydrogen-bond donors (Lipinski definition) is 1. The minimum atomic E-state index is -0.518. The number of methoxy groups -OCH3 is 1. The summed E-state index contributed by atoms with van der Waals surface area (Å²) >= 11 is 0. The van der Waals surface area contributed by atoms with Crippen molar-refractivity contribution in [3.05, 3.63) is 114 Å². The number of carbonyl (C=O) groups excluding carboxylic acids is 2. The number of amides is 1. The van der Waals surface area contributed by atoms with Crippen LogP contribution in [0.5, 0.6) is 0 Å². The van der Waals surface area contributed by atoms with Gasteiger partial charge >= 0.3 is 5.97 Å². The first kappa shape index (κ1) is 23.9. The lowest BCUT2D eigenvalue weighted by Gasteiger charge is -2.19. The normalized spacial score (nSPS) is 11.7. The van der Waals surface area contributed by atoms with E-state index in [-0.39, 0.29) is 12.3 Å². The van der Waals surface area contributed by atoms with Gasteiger partial charge in [-0.15, -0.1) is 5.10 Å². The van der Waals surface area contributed by atoms with Crippen LogP contribution in [0.3, 0.4) is 0 Å². The number of nitrogens with zero attached hydrogens (tertiary/aromatic N) is 4. The second kappa shape index (κ2) is 10.8. The Morgan fingerprint density at radius 1 is 0.973 bits per heavy atom. The number of ether oxygens (including phenoxy) is 1. The summed E-state index contributed by atoms with van der Waals surface area (Å²) < 4.78 is 6.55. The number of rotatable bonds is 8. The highest BCUT2D eigenvalue weighted by Gasteiger charge is 2.21. The van der Waals surface area contributed by atoms with Crippen molar-refractivity contribution >= 4 is 22.6 Å². The first-order valence-corrected chi connectivity index (χ1v) is 11.9. The van der Waals surface area contributed by atoms with Crippen molar-refractivity contribution in [2.24, 2.45) is 0 Å². The molecule has 1 amide bonds. The van der Waals surface area contributed by atoms with Crippen molar-refractivity contribution in [1.29, 1.82) is 0 Å². The lowest BCUT2D eigenvalue weighted by molar-refractivity contribution is -0.141. The minimum absolute atomic E-state index is 0.0304. The van der Waals surface area contributed by atoms with Gasteiger partial charge in [-0.1, -0.05) is 65.9 Å². The molecule has 2 aromatic heterocycles. The van der Waals surface area contributed by atoms with Crippen LogP contribution in [-0.4, -0.2) is 39.0 Å². The summed E-state index contributed by atoms with van der Waals surface area (Å²) in [4.78, 5) is 29.5. The van der Waals surface area contributed by atoms with E-state index in [1.165, 1.54) is 7.11 Å². The van der Waals surface area contributed by atoms with Crippen LogP contribution in [0.1, 0.15) is 33.9 Å². The average molecular weight is 492 g/mol. The van der Waals surface area contributed by atoms with Gasteiger partial charge in [0, 0.05) is 28.9 Å². The zero-order chi connectivity index (χ0) is 25.6. The predicted molar refractivity (Wildman–Crippen MR) is 140 cm³/mol. The van der Waals surface area contributed by atoms with Crippen molar-refractivity contribution in [3.63, 3.8) is 0 Å². The van der Waals surface area contributed by atoms with Crippen LogP contribution in [0.4, 0.5) is 0 Å². The molecular weight excluding hydrogens is 466 g/mol. The molecule has 0 aliphatic carbocycles. The van der Waals surface area contributed by atoms with E-state index in [1.807, 2.05) is 79.1 Å². The Kier molecular flexibility index (Phi) is 6.98. The Balaban J connectivity index is 1.36. The summed E-state index contributed by atoms with van der Waals surface area (Å²) in [6.45, 7) is 0.362. The van der Waals surface area contributed by atoms with Crippen molar-refractivity contribution in [2.75, 3.05) is 7.11 Å². The second-order valence-corrected chi connectivity index (χ2v) is 8.61. The monoisotopic (exact) mass is 491 g/mol. The lowest BCUT2D eigenvalue weighted by atomic mass is 10.0. The van der Waals surface area contributed by atoms with Gasteiger partial charge < -0.3 is 10.1 Å². The molecule has 37 heavy (non-hydrogen) atoms. The fourth-order valence-electron chi connectivity index (χ4n) is 4.23. The lowest BCUT2D eigenvalue weighted by Crippen LogP contribution is -2.31. The number of nitrogens with one attached hydrogen (secondary N) is 1. The minimum Gasteiger partial charge on any atom is -0.469 e. The zero-order valence-electron chi connectivity index (χ0n) is 20.2. The molecule has 5 aromatic rings. The third-order valence-electron chi connectivity index (χ3n) is 6.18. The van der Waals surface area contributed by atoms with E-state index in [4.69, 9.17) is 4.74 Å². The largest absolute Gasteiger partial charge is 0.469 e. The fourth-order valence-corrected chi connectivity index (χ4v) is 4.23. The molecule has 1 atom stereocenters. The van der Waals surface area contributed by atoms with Crippen LogP contribution in [0.15, 0.2) is 97.5 Å². The Morgan fingerprint density at radius 2 is 1.78 bits per heavy atom. The van der Waals surface area contributed by atoms with Crippen molar-refractivity contribution in [2.45, 2.75) is 19.0 Å². The molecule has 0 bridgehead atoms. The maximum absolute atomic E-state index is 13.3. The van der Waals surface area contributed by atoms with Gasteiger partial charge in [-0.3, -0.25) is 14.6 Å². The summed E-state index contributed by atoms with van der Waals surface area (Å²) in [5.41, 5.74) is 3.80. The Hall–Kier alpha value is -4.85. The van der Waals surface area contributed by atoms with E-state index in [0.717, 1.165) is 33.2 Å². The van der Waals surface area contributed by atoms with Gasteiger partial charge in [0.1, 0.15) is 5.69 Å². The Bertz CT molecular complexity index is 1550. The number of fused-ring (bicyclic) bond motifs is 1. The fraction of sp³-hybridized carbons (Fsp3) is 0.138. The molecule has 0 unspecified atom stereocenters. The summed E-state index contributed by atoms with van der Waals surface area (Å²) in [7, 11) is 1.34. The molecule has 0 aliphatic heterocycles. The van der Waals surface area contributed by atoms with Crippen molar-refractivity contribution in [1.82, 2.24) is 25.3 Å². The van der Waals surface area contributed by atoms with Crippen LogP contribution in [0.2, 0.25) is 0 Å². The smallest absolute Gasteiger partial charge is 0.307 e. The van der Waals surface area contributed by atoms with E-state index in [1.54, 1.807) is 16.9 Å². The molecule has 1 N–H and O–H groups in total. The number of esters is 1. The molecule has 8 heteroatoms. The zero-order valence-corrected chi connectivity index (χ0v) is 20.2. The number of carbonyl (C=O) groups is 2. The van der Waals surface area contributed by atoms with Crippen LogP contribution >= 0.6 is 0 Å². The highest BCUT2D eigenvalue weighted by molar-refractivity contribution is 5.96. The van der Waals surface area contributed by atoms with E-state index in [9.17, 15) is 9.59 Å². The molecule has 0 radical (unpaired) electrons. The molecule has 2 heterocycles. The third kappa shape index (κ3) is 5.54. The number of pyridine rings is 1. The van der Waals surface area contributed by atoms with Crippen LogP contribution < -0.4 is 5.32 Å². The standard InChI is InChI=1S/C29H25N5O3/c1-37-28(35)16-26(20-7-3-2-4-8-20)31-29(36)25-10-6-5-9-24(25)18-34-19-27(32-33-34)22-11-12-23-17-30-14-13-21(23)15-22/h2-15,17,19,26H,16,18H2,1H3,(H,31,36)/t26-/m1/s1. The molecule has 5 rings (SSSR count). The Morgan fingerprint density at radius 3 is 2.62 bits per heavy atom. The maximum atomic E-state index is 13.3. The number of hydrogen-bond acceptors (Lipinski definition) is 6. The quantitative estimate of drug-likeness (QED) is 0.319. The Labute approximate surface area is 213 Å². The highest BCUT2D eigenvalue weighted by atomic mass is 16.5. The third-order valence-corrected chi connectivity index (χ3v) is 6.18. The second-order valence-electron chi connectivity index (χ2n) is 8.61. The molecule has 3 aromatic carbocycles. The van der Waals surface area contributed by atoms with Gasteiger partial charge in [0.25, 0.3) is 5.91 Å².